The van der Waals surface area contributed by atoms with Gasteiger partial charge < -0.3 is 0 Å². The van der Waals surface area contributed by atoms with Gasteiger partial charge in [-0.2, -0.15) is 0 Å². The summed E-state index contributed by atoms with van der Waals surface area (Å²) in [5.41, 5.74) is 0.889. The van der Waals surface area contributed by atoms with E-state index in [0.717, 1.165) is 12.1 Å². The number of hydrogen-bond donors (Lipinski definition) is 1. The third-order valence-corrected chi connectivity index (χ3v) is 2.28. The summed E-state index contributed by atoms with van der Waals surface area (Å²) in [4.78, 5) is 15.8. The van der Waals surface area contributed by atoms with Crippen LogP contribution in [0.15, 0.2) is 35.3 Å². The molecular formula is C12H15N3O. The molecule has 0 saturated carbocycles. The molecule has 2 aromatic heterocycles. The van der Waals surface area contributed by atoms with Crippen molar-refractivity contribution in [3.8, 4) is 5.82 Å². The predicted octanol–water partition coefficient (Wildman–Crippen LogP) is 1.76. The van der Waals surface area contributed by atoms with Gasteiger partial charge in [0.25, 0.3) is 5.56 Å². The molecule has 0 aliphatic carbocycles. The van der Waals surface area contributed by atoms with Gasteiger partial charge in [0.1, 0.15) is 0 Å². The Morgan fingerprint density at radius 3 is 2.88 bits per heavy atom. The topological polar surface area (TPSA) is 50.7 Å². The number of hydrogen-bond acceptors (Lipinski definition) is 2. The molecule has 2 heterocycles. The summed E-state index contributed by atoms with van der Waals surface area (Å²) in [6.07, 6.45) is 2.54. The number of rotatable bonds is 3. The predicted molar refractivity (Wildman–Crippen MR) is 62.7 cm³/mol. The molecule has 2 aromatic rings. The van der Waals surface area contributed by atoms with E-state index in [-0.39, 0.29) is 5.56 Å². The maximum absolute atomic E-state index is 11.7. The average Bonchev–Trinajstić information content (AvgIpc) is 2.60. The third-order valence-electron chi connectivity index (χ3n) is 2.28. The van der Waals surface area contributed by atoms with Crippen molar-refractivity contribution in [3.63, 3.8) is 0 Å². The van der Waals surface area contributed by atoms with E-state index >= 15 is 0 Å². The second kappa shape index (κ2) is 4.35. The summed E-state index contributed by atoms with van der Waals surface area (Å²) >= 11 is 0. The van der Waals surface area contributed by atoms with Crippen molar-refractivity contribution in [1.82, 2.24) is 14.8 Å². The zero-order valence-electron chi connectivity index (χ0n) is 9.47. The first kappa shape index (κ1) is 10.7. The minimum atomic E-state index is -0.0608. The molecule has 0 bridgehead atoms. The van der Waals surface area contributed by atoms with Gasteiger partial charge in [-0.3, -0.25) is 9.89 Å². The standard InChI is InChI=1S/C12H15N3O/c1-9(2)7-10-8-12(16)15(14-10)11-5-3-4-6-13-11/h3-6,8-9,14H,7H2,1-2H3. The van der Waals surface area contributed by atoms with Crippen LogP contribution < -0.4 is 5.56 Å². The van der Waals surface area contributed by atoms with Crippen LogP contribution in [0.3, 0.4) is 0 Å². The average molecular weight is 217 g/mol. The summed E-state index contributed by atoms with van der Waals surface area (Å²) in [5, 5.41) is 3.07. The van der Waals surface area contributed by atoms with E-state index in [0.29, 0.717) is 11.7 Å². The normalized spacial score (nSPS) is 10.9. The highest BCUT2D eigenvalue weighted by Gasteiger charge is 2.06. The number of nitrogens with one attached hydrogen (secondary N) is 1. The first-order chi connectivity index (χ1) is 7.66. The van der Waals surface area contributed by atoms with Gasteiger partial charge in [-0.05, 0) is 24.5 Å². The van der Waals surface area contributed by atoms with Crippen molar-refractivity contribution in [2.24, 2.45) is 5.92 Å². The lowest BCUT2D eigenvalue weighted by atomic mass is 10.1. The van der Waals surface area contributed by atoms with Crippen molar-refractivity contribution < 1.29 is 0 Å². The first-order valence-electron chi connectivity index (χ1n) is 5.39. The van der Waals surface area contributed by atoms with Gasteiger partial charge in [0.15, 0.2) is 5.82 Å². The Labute approximate surface area is 93.9 Å². The van der Waals surface area contributed by atoms with Crippen LogP contribution in [0.5, 0.6) is 0 Å². The minimum Gasteiger partial charge on any atom is -0.294 e. The Bertz CT molecular complexity index is 511. The van der Waals surface area contributed by atoms with Crippen LogP contribution in [-0.2, 0) is 6.42 Å². The number of aromatic nitrogens is 3. The summed E-state index contributed by atoms with van der Waals surface area (Å²) in [7, 11) is 0. The molecule has 4 nitrogen and oxygen atoms in total. The van der Waals surface area contributed by atoms with Gasteiger partial charge >= 0.3 is 0 Å². The molecule has 4 heteroatoms. The molecule has 0 spiro atoms. The highest BCUT2D eigenvalue weighted by Crippen LogP contribution is 2.04. The summed E-state index contributed by atoms with van der Waals surface area (Å²) in [5.74, 6) is 1.15. The lowest BCUT2D eigenvalue weighted by molar-refractivity contribution is 0.626. The number of pyridine rings is 1. The molecule has 0 amide bonds. The van der Waals surface area contributed by atoms with Gasteiger partial charge in [-0.1, -0.05) is 19.9 Å². The van der Waals surface area contributed by atoms with Crippen molar-refractivity contribution in [3.05, 3.63) is 46.5 Å². The van der Waals surface area contributed by atoms with Crippen LogP contribution in [0.4, 0.5) is 0 Å². The van der Waals surface area contributed by atoms with Crippen LogP contribution >= 0.6 is 0 Å². The second-order valence-electron chi connectivity index (χ2n) is 4.24. The maximum Gasteiger partial charge on any atom is 0.272 e. The van der Waals surface area contributed by atoms with Crippen molar-refractivity contribution >= 4 is 0 Å². The Hall–Kier alpha value is -1.84. The number of nitrogens with zero attached hydrogens (tertiary/aromatic N) is 2. The molecule has 0 unspecified atom stereocenters. The molecule has 0 saturated heterocycles. The Balaban J connectivity index is 2.36. The van der Waals surface area contributed by atoms with Gasteiger partial charge in [-0.15, -0.1) is 0 Å². The summed E-state index contributed by atoms with van der Waals surface area (Å²) < 4.78 is 1.47. The van der Waals surface area contributed by atoms with Gasteiger partial charge in [0.05, 0.1) is 0 Å². The summed E-state index contributed by atoms with van der Waals surface area (Å²) in [6.45, 7) is 4.24. The molecule has 0 aliphatic rings. The third kappa shape index (κ3) is 2.21. The highest BCUT2D eigenvalue weighted by molar-refractivity contribution is 5.21. The number of H-pyrrole nitrogens is 1. The highest BCUT2D eigenvalue weighted by atomic mass is 16.1. The van der Waals surface area contributed by atoms with Gasteiger partial charge in [0.2, 0.25) is 0 Å². The first-order valence-corrected chi connectivity index (χ1v) is 5.39. The van der Waals surface area contributed by atoms with E-state index in [9.17, 15) is 4.79 Å². The zero-order chi connectivity index (χ0) is 11.5. The lowest BCUT2D eigenvalue weighted by Crippen LogP contribution is -2.14. The molecule has 0 fully saturated rings. The molecule has 0 radical (unpaired) electrons. The Kier molecular flexibility index (Phi) is 2.90. The van der Waals surface area contributed by atoms with Crippen molar-refractivity contribution in [2.75, 3.05) is 0 Å². The largest absolute Gasteiger partial charge is 0.294 e. The molecule has 84 valence electrons. The molecule has 2 rings (SSSR count). The van der Waals surface area contributed by atoms with E-state index in [2.05, 4.69) is 23.9 Å². The minimum absolute atomic E-state index is 0.0608. The monoisotopic (exact) mass is 217 g/mol. The fourth-order valence-electron chi connectivity index (χ4n) is 1.65. The quantitative estimate of drug-likeness (QED) is 0.851. The number of aromatic amines is 1. The van der Waals surface area contributed by atoms with Crippen molar-refractivity contribution in [2.45, 2.75) is 20.3 Å². The van der Waals surface area contributed by atoms with Crippen LogP contribution in [0.1, 0.15) is 19.5 Å². The SMILES string of the molecule is CC(C)Cc1cc(=O)n(-c2ccccn2)[nH]1. The van der Waals surface area contributed by atoms with E-state index < -0.39 is 0 Å². The van der Waals surface area contributed by atoms with Gasteiger partial charge in [-0.25, -0.2) is 9.67 Å². The van der Waals surface area contributed by atoms with E-state index in [1.54, 1.807) is 18.3 Å². The summed E-state index contributed by atoms with van der Waals surface area (Å²) in [6, 6.07) is 7.12. The fraction of sp³-hybridized carbons (Fsp3) is 0.333. The smallest absolute Gasteiger partial charge is 0.272 e. The Morgan fingerprint density at radius 1 is 1.44 bits per heavy atom. The van der Waals surface area contributed by atoms with E-state index in [1.165, 1.54) is 4.68 Å². The molecule has 16 heavy (non-hydrogen) atoms. The van der Waals surface area contributed by atoms with Crippen LogP contribution in [0.25, 0.3) is 5.82 Å². The molecule has 1 N–H and O–H groups in total. The van der Waals surface area contributed by atoms with Gasteiger partial charge in [0, 0.05) is 18.0 Å². The van der Waals surface area contributed by atoms with E-state index in [4.69, 9.17) is 0 Å². The zero-order valence-corrected chi connectivity index (χ0v) is 9.47. The second-order valence-corrected chi connectivity index (χ2v) is 4.24. The molecule has 0 atom stereocenters. The van der Waals surface area contributed by atoms with Crippen LogP contribution in [-0.4, -0.2) is 14.8 Å². The fourth-order valence-corrected chi connectivity index (χ4v) is 1.65. The molecule has 0 aliphatic heterocycles. The maximum atomic E-state index is 11.7. The van der Waals surface area contributed by atoms with E-state index in [1.807, 2.05) is 12.1 Å². The lowest BCUT2D eigenvalue weighted by Gasteiger charge is -2.02. The Morgan fingerprint density at radius 2 is 2.25 bits per heavy atom. The van der Waals surface area contributed by atoms with Crippen LogP contribution in [0, 0.1) is 5.92 Å². The molecular weight excluding hydrogens is 202 g/mol. The molecule has 0 aromatic carbocycles. The van der Waals surface area contributed by atoms with Crippen LogP contribution in [0.2, 0.25) is 0 Å². The van der Waals surface area contributed by atoms with Crippen molar-refractivity contribution in [1.29, 1.82) is 0 Å².